The summed E-state index contributed by atoms with van der Waals surface area (Å²) in [6.45, 7) is 1.66. The standard InChI is InChI=1S/C11H15BrN2O5S2/c1-3-13-11(15)7-14-21(18,19)10-6-8(20(2,16)17)4-5-9(10)12/h4-6,14H,3,7H2,1-2H3,(H,13,15). The van der Waals surface area contributed by atoms with Crippen molar-refractivity contribution in [1.29, 1.82) is 0 Å². The molecule has 0 aromatic heterocycles. The van der Waals surface area contributed by atoms with Gasteiger partial charge in [-0.2, -0.15) is 0 Å². The molecular formula is C11H15BrN2O5S2. The fourth-order valence-electron chi connectivity index (χ4n) is 1.42. The van der Waals surface area contributed by atoms with Crippen molar-refractivity contribution in [1.82, 2.24) is 10.0 Å². The molecule has 0 radical (unpaired) electrons. The van der Waals surface area contributed by atoms with Gasteiger partial charge in [-0.05, 0) is 41.1 Å². The first kappa shape index (κ1) is 18.1. The SMILES string of the molecule is CCNC(=O)CNS(=O)(=O)c1cc(S(C)(=O)=O)ccc1Br. The van der Waals surface area contributed by atoms with Crippen LogP contribution in [0.4, 0.5) is 0 Å². The Kier molecular flexibility index (Phi) is 5.91. The minimum atomic E-state index is -4.01. The Hall–Kier alpha value is -0.970. The number of carbonyl (C=O) groups excluding carboxylic acids is 1. The van der Waals surface area contributed by atoms with Gasteiger partial charge in [0.25, 0.3) is 0 Å². The van der Waals surface area contributed by atoms with E-state index >= 15 is 0 Å². The minimum Gasteiger partial charge on any atom is -0.355 e. The number of sulfone groups is 1. The topological polar surface area (TPSA) is 109 Å². The molecule has 118 valence electrons. The van der Waals surface area contributed by atoms with Gasteiger partial charge in [0.2, 0.25) is 15.9 Å². The second-order valence-electron chi connectivity index (χ2n) is 4.14. The summed E-state index contributed by atoms with van der Waals surface area (Å²) in [5, 5.41) is 2.45. The Bertz CT molecular complexity index is 744. The average molecular weight is 399 g/mol. The molecule has 1 aromatic rings. The van der Waals surface area contributed by atoms with E-state index in [1.807, 2.05) is 0 Å². The van der Waals surface area contributed by atoms with Gasteiger partial charge in [-0.3, -0.25) is 4.79 Å². The van der Waals surface area contributed by atoms with E-state index in [0.717, 1.165) is 12.3 Å². The van der Waals surface area contributed by atoms with Crippen molar-refractivity contribution in [3.05, 3.63) is 22.7 Å². The Labute approximate surface area is 132 Å². The summed E-state index contributed by atoms with van der Waals surface area (Å²) in [6.07, 6.45) is 0.981. The molecule has 0 saturated heterocycles. The first-order valence-electron chi connectivity index (χ1n) is 5.84. The zero-order valence-corrected chi connectivity index (χ0v) is 14.6. The van der Waals surface area contributed by atoms with Crippen LogP contribution in [0.3, 0.4) is 0 Å². The number of halogens is 1. The van der Waals surface area contributed by atoms with E-state index < -0.39 is 32.3 Å². The molecule has 1 amide bonds. The number of hydrogen-bond acceptors (Lipinski definition) is 5. The molecule has 0 atom stereocenters. The maximum Gasteiger partial charge on any atom is 0.242 e. The molecule has 0 unspecified atom stereocenters. The fraction of sp³-hybridized carbons (Fsp3) is 0.364. The molecule has 0 spiro atoms. The van der Waals surface area contributed by atoms with Crippen LogP contribution in [-0.4, -0.2) is 42.1 Å². The third-order valence-electron chi connectivity index (χ3n) is 2.42. The van der Waals surface area contributed by atoms with Gasteiger partial charge in [-0.25, -0.2) is 21.6 Å². The normalized spacial score (nSPS) is 12.1. The summed E-state index contributed by atoms with van der Waals surface area (Å²) in [4.78, 5) is 10.9. The van der Waals surface area contributed by atoms with Crippen LogP contribution in [0.2, 0.25) is 0 Å². The van der Waals surface area contributed by atoms with Crippen LogP contribution in [0.25, 0.3) is 0 Å². The number of carbonyl (C=O) groups is 1. The Morgan fingerprint density at radius 3 is 2.38 bits per heavy atom. The Morgan fingerprint density at radius 1 is 1.24 bits per heavy atom. The fourth-order valence-corrected chi connectivity index (χ4v) is 4.11. The highest BCUT2D eigenvalue weighted by molar-refractivity contribution is 9.10. The summed E-state index contributed by atoms with van der Waals surface area (Å²) in [5.41, 5.74) is 0. The van der Waals surface area contributed by atoms with E-state index in [1.54, 1.807) is 6.92 Å². The van der Waals surface area contributed by atoms with Crippen LogP contribution in [0.1, 0.15) is 6.92 Å². The van der Waals surface area contributed by atoms with E-state index in [2.05, 4.69) is 26.0 Å². The van der Waals surface area contributed by atoms with Crippen molar-refractivity contribution in [3.8, 4) is 0 Å². The third-order valence-corrected chi connectivity index (χ3v) is 5.92. The van der Waals surface area contributed by atoms with Gasteiger partial charge in [0.1, 0.15) is 0 Å². The molecule has 7 nitrogen and oxygen atoms in total. The van der Waals surface area contributed by atoms with Crippen LogP contribution < -0.4 is 10.0 Å². The molecule has 0 aliphatic heterocycles. The lowest BCUT2D eigenvalue weighted by Gasteiger charge is -2.09. The van der Waals surface area contributed by atoms with Crippen LogP contribution in [-0.2, 0) is 24.7 Å². The van der Waals surface area contributed by atoms with Gasteiger partial charge in [0.05, 0.1) is 16.3 Å². The number of amides is 1. The van der Waals surface area contributed by atoms with E-state index in [4.69, 9.17) is 0 Å². The summed E-state index contributed by atoms with van der Waals surface area (Å²) in [5.74, 6) is -0.475. The molecule has 0 fully saturated rings. The third kappa shape index (κ3) is 5.06. The van der Waals surface area contributed by atoms with E-state index in [0.29, 0.717) is 6.54 Å². The molecule has 0 aliphatic rings. The van der Waals surface area contributed by atoms with Gasteiger partial charge in [0.15, 0.2) is 9.84 Å². The van der Waals surface area contributed by atoms with Crippen molar-refractivity contribution in [2.75, 3.05) is 19.3 Å². The molecule has 1 aromatic carbocycles. The van der Waals surface area contributed by atoms with Crippen molar-refractivity contribution in [2.24, 2.45) is 0 Å². The largest absolute Gasteiger partial charge is 0.355 e. The summed E-state index contributed by atoms with van der Waals surface area (Å²) >= 11 is 3.06. The molecular weight excluding hydrogens is 384 g/mol. The second kappa shape index (κ2) is 6.86. The molecule has 0 saturated carbocycles. The van der Waals surface area contributed by atoms with Crippen molar-refractivity contribution in [3.63, 3.8) is 0 Å². The van der Waals surface area contributed by atoms with E-state index in [1.165, 1.54) is 12.1 Å². The van der Waals surface area contributed by atoms with E-state index in [9.17, 15) is 21.6 Å². The maximum absolute atomic E-state index is 12.1. The van der Waals surface area contributed by atoms with Crippen LogP contribution in [0.5, 0.6) is 0 Å². The molecule has 0 bridgehead atoms. The summed E-state index contributed by atoms with van der Waals surface area (Å²) in [6, 6.07) is 3.67. The molecule has 0 aliphatic carbocycles. The Morgan fingerprint density at radius 2 is 1.86 bits per heavy atom. The number of likely N-dealkylation sites (N-methyl/N-ethyl adjacent to an activating group) is 1. The lowest BCUT2D eigenvalue weighted by atomic mass is 10.4. The zero-order chi connectivity index (χ0) is 16.3. The van der Waals surface area contributed by atoms with Gasteiger partial charge < -0.3 is 5.32 Å². The molecule has 21 heavy (non-hydrogen) atoms. The van der Waals surface area contributed by atoms with Crippen LogP contribution in [0, 0.1) is 0 Å². The highest BCUT2D eigenvalue weighted by Crippen LogP contribution is 2.25. The number of hydrogen-bond donors (Lipinski definition) is 2. The van der Waals surface area contributed by atoms with Gasteiger partial charge in [0, 0.05) is 17.3 Å². The lowest BCUT2D eigenvalue weighted by Crippen LogP contribution is -2.36. The molecule has 2 N–H and O–H groups in total. The second-order valence-corrected chi connectivity index (χ2v) is 8.75. The van der Waals surface area contributed by atoms with Crippen molar-refractivity contribution < 1.29 is 21.6 Å². The lowest BCUT2D eigenvalue weighted by molar-refractivity contribution is -0.119. The Balaban J connectivity index is 3.11. The average Bonchev–Trinajstić information content (AvgIpc) is 2.36. The first-order valence-corrected chi connectivity index (χ1v) is 10.0. The van der Waals surface area contributed by atoms with Gasteiger partial charge in [-0.15, -0.1) is 0 Å². The van der Waals surface area contributed by atoms with Crippen molar-refractivity contribution in [2.45, 2.75) is 16.7 Å². The van der Waals surface area contributed by atoms with Crippen LogP contribution >= 0.6 is 15.9 Å². The molecule has 0 heterocycles. The highest BCUT2D eigenvalue weighted by Gasteiger charge is 2.21. The van der Waals surface area contributed by atoms with E-state index in [-0.39, 0.29) is 14.3 Å². The van der Waals surface area contributed by atoms with Crippen LogP contribution in [0.15, 0.2) is 32.5 Å². The summed E-state index contributed by atoms with van der Waals surface area (Å²) in [7, 11) is -7.54. The van der Waals surface area contributed by atoms with Gasteiger partial charge in [-0.1, -0.05) is 0 Å². The van der Waals surface area contributed by atoms with Crippen molar-refractivity contribution >= 4 is 41.7 Å². The predicted octanol–water partition coefficient (Wildman–Crippen LogP) is 0.267. The molecule has 1 rings (SSSR count). The predicted molar refractivity (Wildman–Crippen MR) is 81.1 cm³/mol. The number of benzene rings is 1. The maximum atomic E-state index is 12.1. The quantitative estimate of drug-likeness (QED) is 0.714. The smallest absolute Gasteiger partial charge is 0.242 e. The summed E-state index contributed by atoms with van der Waals surface area (Å²) < 4.78 is 49.5. The monoisotopic (exact) mass is 398 g/mol. The molecule has 10 heteroatoms. The minimum absolute atomic E-state index is 0.121. The first-order chi connectivity index (χ1) is 9.58. The number of rotatable bonds is 6. The number of sulfonamides is 1. The number of nitrogens with one attached hydrogen (secondary N) is 2. The van der Waals surface area contributed by atoms with Gasteiger partial charge >= 0.3 is 0 Å². The zero-order valence-electron chi connectivity index (χ0n) is 11.4. The highest BCUT2D eigenvalue weighted by atomic mass is 79.9.